The molecular formula is C19H20N2O6S. The maximum absolute atomic E-state index is 13.2. The lowest BCUT2D eigenvalue weighted by Crippen LogP contribution is -2.29. The molecule has 1 aromatic heterocycles. The van der Waals surface area contributed by atoms with Gasteiger partial charge in [0.2, 0.25) is 0 Å². The van der Waals surface area contributed by atoms with Gasteiger partial charge in [0.15, 0.2) is 5.16 Å². The number of benzene rings is 1. The minimum atomic E-state index is -0.499. The van der Waals surface area contributed by atoms with Gasteiger partial charge in [-0.1, -0.05) is 11.8 Å². The van der Waals surface area contributed by atoms with Crippen molar-refractivity contribution in [1.29, 1.82) is 0 Å². The Labute approximate surface area is 165 Å². The van der Waals surface area contributed by atoms with E-state index in [1.807, 2.05) is 0 Å². The van der Waals surface area contributed by atoms with Crippen LogP contribution in [-0.4, -0.2) is 53.2 Å². The zero-order chi connectivity index (χ0) is 19.7. The second-order valence-electron chi connectivity index (χ2n) is 6.73. The first-order valence-corrected chi connectivity index (χ1v) is 10.0. The average Bonchev–Trinajstić information content (AvgIpc) is 3.36. The van der Waals surface area contributed by atoms with Crippen molar-refractivity contribution in [3.63, 3.8) is 0 Å². The number of nitrogens with zero attached hydrogens (tertiary/aromatic N) is 2. The number of fused-ring (bicyclic) bond motifs is 1. The van der Waals surface area contributed by atoms with Crippen LogP contribution < -0.4 is 5.56 Å². The molecule has 0 unspecified atom stereocenters. The number of ether oxygens (including phenoxy) is 3. The van der Waals surface area contributed by atoms with Crippen LogP contribution in [-0.2, 0) is 25.5 Å². The quantitative estimate of drug-likeness (QED) is 0.549. The van der Waals surface area contributed by atoms with Crippen LogP contribution in [0.2, 0.25) is 0 Å². The largest absolute Gasteiger partial charge is 0.465 e. The van der Waals surface area contributed by atoms with Gasteiger partial charge in [0.1, 0.15) is 5.25 Å². The number of aromatic nitrogens is 2. The molecule has 2 aliphatic rings. The zero-order valence-electron chi connectivity index (χ0n) is 15.4. The van der Waals surface area contributed by atoms with Gasteiger partial charge in [-0.2, -0.15) is 0 Å². The van der Waals surface area contributed by atoms with E-state index in [-0.39, 0.29) is 17.6 Å². The molecule has 3 heterocycles. The maximum atomic E-state index is 13.2. The molecule has 2 aromatic rings. The Morgan fingerprint density at radius 1 is 1.32 bits per heavy atom. The molecule has 0 bridgehead atoms. The lowest BCUT2D eigenvalue weighted by Gasteiger charge is -2.17. The third kappa shape index (κ3) is 3.64. The van der Waals surface area contributed by atoms with Crippen molar-refractivity contribution in [2.75, 3.05) is 20.3 Å². The van der Waals surface area contributed by atoms with E-state index in [1.54, 1.807) is 16.7 Å². The highest BCUT2D eigenvalue weighted by Gasteiger charge is 2.30. The summed E-state index contributed by atoms with van der Waals surface area (Å²) in [5, 5.41) is 0.437. The van der Waals surface area contributed by atoms with E-state index in [4.69, 9.17) is 14.2 Å². The monoisotopic (exact) mass is 404 g/mol. The number of cyclic esters (lactones) is 1. The maximum Gasteiger partial charge on any atom is 0.337 e. The van der Waals surface area contributed by atoms with Crippen molar-refractivity contribution in [2.45, 2.75) is 42.3 Å². The van der Waals surface area contributed by atoms with Gasteiger partial charge in [-0.3, -0.25) is 14.2 Å². The zero-order valence-corrected chi connectivity index (χ0v) is 16.2. The molecule has 2 fully saturated rings. The van der Waals surface area contributed by atoms with Gasteiger partial charge in [-0.15, -0.1) is 0 Å². The Balaban J connectivity index is 1.79. The summed E-state index contributed by atoms with van der Waals surface area (Å²) in [7, 11) is 1.30. The van der Waals surface area contributed by atoms with E-state index < -0.39 is 11.2 Å². The van der Waals surface area contributed by atoms with E-state index in [9.17, 15) is 14.4 Å². The molecule has 4 rings (SSSR count). The second-order valence-corrected chi connectivity index (χ2v) is 7.90. The predicted octanol–water partition coefficient (Wildman–Crippen LogP) is 1.77. The fraction of sp³-hybridized carbons (Fsp3) is 0.474. The summed E-state index contributed by atoms with van der Waals surface area (Å²) >= 11 is 1.22. The first kappa shape index (κ1) is 18.9. The van der Waals surface area contributed by atoms with Crippen LogP contribution in [0.25, 0.3) is 10.9 Å². The topological polar surface area (TPSA) is 96.7 Å². The Bertz CT molecular complexity index is 982. The minimum absolute atomic E-state index is 0.0545. The smallest absolute Gasteiger partial charge is 0.337 e. The minimum Gasteiger partial charge on any atom is -0.465 e. The van der Waals surface area contributed by atoms with Crippen molar-refractivity contribution in [3.05, 3.63) is 34.1 Å². The van der Waals surface area contributed by atoms with E-state index in [0.29, 0.717) is 47.8 Å². The molecule has 0 saturated carbocycles. The molecule has 9 heteroatoms. The summed E-state index contributed by atoms with van der Waals surface area (Å²) in [4.78, 5) is 41.5. The molecule has 0 aliphatic carbocycles. The number of carbonyl (C=O) groups is 2. The third-order valence-corrected chi connectivity index (χ3v) is 6.12. The van der Waals surface area contributed by atoms with E-state index in [1.165, 1.54) is 24.9 Å². The van der Waals surface area contributed by atoms with Gasteiger partial charge in [-0.05, 0) is 31.0 Å². The highest BCUT2D eigenvalue weighted by molar-refractivity contribution is 8.00. The van der Waals surface area contributed by atoms with Crippen LogP contribution in [0.1, 0.15) is 29.6 Å². The van der Waals surface area contributed by atoms with Crippen molar-refractivity contribution >= 4 is 34.6 Å². The number of hydrogen-bond acceptors (Lipinski definition) is 8. The van der Waals surface area contributed by atoms with Gasteiger partial charge in [0, 0.05) is 13.0 Å². The van der Waals surface area contributed by atoms with E-state index >= 15 is 0 Å². The van der Waals surface area contributed by atoms with Crippen molar-refractivity contribution in [1.82, 2.24) is 9.55 Å². The Morgan fingerprint density at radius 3 is 2.86 bits per heavy atom. The lowest BCUT2D eigenvalue weighted by atomic mass is 10.1. The number of rotatable bonds is 5. The van der Waals surface area contributed by atoms with Gasteiger partial charge in [0.25, 0.3) is 5.56 Å². The molecule has 0 radical (unpaired) electrons. The summed E-state index contributed by atoms with van der Waals surface area (Å²) < 4.78 is 17.0. The number of esters is 2. The SMILES string of the molecule is COC(=O)c1ccc2c(=O)n(C[C@@H]3CCCO3)c(S[C@@H]3CCOC3=O)nc2c1. The molecule has 0 spiro atoms. The number of carbonyl (C=O) groups excluding carboxylic acids is 2. The first-order valence-electron chi connectivity index (χ1n) is 9.14. The molecule has 0 amide bonds. The van der Waals surface area contributed by atoms with E-state index in [0.717, 1.165) is 12.8 Å². The highest BCUT2D eigenvalue weighted by atomic mass is 32.2. The molecular weight excluding hydrogens is 384 g/mol. The van der Waals surface area contributed by atoms with Gasteiger partial charge >= 0.3 is 11.9 Å². The Hall–Kier alpha value is -2.39. The van der Waals surface area contributed by atoms with Gasteiger partial charge in [-0.25, -0.2) is 9.78 Å². The summed E-state index contributed by atoms with van der Waals surface area (Å²) in [6, 6.07) is 4.67. The van der Waals surface area contributed by atoms with Gasteiger partial charge < -0.3 is 14.2 Å². The molecule has 2 saturated heterocycles. The third-order valence-electron chi connectivity index (χ3n) is 4.89. The molecule has 28 heavy (non-hydrogen) atoms. The number of methoxy groups -OCH3 is 1. The molecule has 1 aromatic carbocycles. The fourth-order valence-corrected chi connectivity index (χ4v) is 4.47. The van der Waals surface area contributed by atoms with Crippen LogP contribution in [0.3, 0.4) is 0 Å². The summed E-state index contributed by atoms with van der Waals surface area (Å²) in [6.45, 7) is 1.43. The van der Waals surface area contributed by atoms with Crippen molar-refractivity contribution in [3.8, 4) is 0 Å². The Kier molecular flexibility index (Phi) is 5.36. The molecule has 148 valence electrons. The first-order chi connectivity index (χ1) is 13.6. The van der Waals surface area contributed by atoms with Crippen LogP contribution in [0, 0.1) is 0 Å². The highest BCUT2D eigenvalue weighted by Crippen LogP contribution is 2.29. The second kappa shape index (κ2) is 7.92. The van der Waals surface area contributed by atoms with Crippen LogP contribution >= 0.6 is 11.8 Å². The average molecular weight is 404 g/mol. The van der Waals surface area contributed by atoms with Crippen LogP contribution in [0.5, 0.6) is 0 Å². The summed E-state index contributed by atoms with van der Waals surface area (Å²) in [6.07, 6.45) is 2.35. The number of thioether (sulfide) groups is 1. The lowest BCUT2D eigenvalue weighted by molar-refractivity contribution is -0.137. The van der Waals surface area contributed by atoms with Crippen molar-refractivity contribution < 1.29 is 23.8 Å². The normalized spacial score (nSPS) is 21.8. The standard InChI is InChI=1S/C19H20N2O6S/c1-25-17(23)11-4-5-13-14(9-11)20-19(28-15-6-8-27-18(15)24)21(16(13)22)10-12-3-2-7-26-12/h4-5,9,12,15H,2-3,6-8,10H2,1H3/t12-,15+/m0/s1. The molecule has 2 aliphatic heterocycles. The fourth-order valence-electron chi connectivity index (χ4n) is 3.40. The summed E-state index contributed by atoms with van der Waals surface area (Å²) in [5.74, 6) is -0.799. The molecule has 8 nitrogen and oxygen atoms in total. The Morgan fingerprint density at radius 2 is 2.18 bits per heavy atom. The van der Waals surface area contributed by atoms with Gasteiger partial charge in [0.05, 0.1) is 42.8 Å². The number of hydrogen-bond donors (Lipinski definition) is 0. The summed E-state index contributed by atoms with van der Waals surface area (Å²) in [5.41, 5.74) is 0.492. The van der Waals surface area contributed by atoms with Crippen LogP contribution in [0.4, 0.5) is 0 Å². The van der Waals surface area contributed by atoms with E-state index in [2.05, 4.69) is 4.98 Å². The van der Waals surface area contributed by atoms with Crippen LogP contribution in [0.15, 0.2) is 28.2 Å². The molecule has 2 atom stereocenters. The molecule has 0 N–H and O–H groups in total. The van der Waals surface area contributed by atoms with Crippen molar-refractivity contribution in [2.24, 2.45) is 0 Å². The predicted molar refractivity (Wildman–Crippen MR) is 102 cm³/mol.